The first-order chi connectivity index (χ1) is 22.3. The highest BCUT2D eigenvalue weighted by Gasteiger charge is 2.47. The van der Waals surface area contributed by atoms with Crippen molar-refractivity contribution in [3.8, 4) is 46.0 Å². The van der Waals surface area contributed by atoms with E-state index in [1.165, 1.54) is 47.7 Å². The molecule has 13 heteroatoms. The van der Waals surface area contributed by atoms with E-state index in [9.17, 15) is 9.59 Å². The second kappa shape index (κ2) is 12.4. The van der Waals surface area contributed by atoms with Gasteiger partial charge in [0.25, 0.3) is 0 Å². The molecule has 0 radical (unpaired) electrons. The van der Waals surface area contributed by atoms with Gasteiger partial charge in [-0.3, -0.25) is 4.90 Å². The molecule has 6 rings (SSSR count). The Labute approximate surface area is 265 Å². The normalized spacial score (nSPS) is 17.8. The lowest BCUT2D eigenvalue weighted by molar-refractivity contribution is 0.00846. The van der Waals surface area contributed by atoms with Gasteiger partial charge in [0.2, 0.25) is 18.3 Å². The molecular weight excluding hydrogens is 602 g/mol. The zero-order valence-corrected chi connectivity index (χ0v) is 26.6. The van der Waals surface area contributed by atoms with Crippen LogP contribution in [0, 0.1) is 0 Å². The Morgan fingerprint density at radius 2 is 1.50 bits per heavy atom. The van der Waals surface area contributed by atoms with E-state index in [2.05, 4.69) is 4.90 Å². The monoisotopic (exact) mass is 637 g/mol. The van der Waals surface area contributed by atoms with Gasteiger partial charge in [0, 0.05) is 23.2 Å². The number of hydrogen-bond acceptors (Lipinski definition) is 13. The number of fused-ring (bicyclic) bond motifs is 3. The van der Waals surface area contributed by atoms with E-state index in [1.807, 2.05) is 13.1 Å². The standard InChI is InChI=1S/C33H35NO12/c1-34-11-10-17-19(14-43-32(35)16-12-21(38-3)28(40-5)22(13-16)39-4)27-31(45-15-44-27)30(42-7)23(17)25(34)26-18-8-9-20(37-2)29(41-6)24(18)33(36)46-26/h8-9,12-13,25-26H,10-11,14-15H2,1-7H3/t25-,26+/m1/s1. The minimum atomic E-state index is -0.713. The molecule has 3 aliphatic rings. The first kappa shape index (κ1) is 31.0. The lowest BCUT2D eigenvalue weighted by atomic mass is 9.83. The number of nitrogens with zero attached hydrogens (tertiary/aromatic N) is 1. The van der Waals surface area contributed by atoms with Gasteiger partial charge in [-0.1, -0.05) is 6.07 Å². The Morgan fingerprint density at radius 1 is 0.848 bits per heavy atom. The van der Waals surface area contributed by atoms with Crippen molar-refractivity contribution in [3.05, 3.63) is 57.6 Å². The molecule has 0 N–H and O–H groups in total. The number of carbonyl (C=O) groups excluding carboxylic acids is 2. The molecule has 0 aromatic heterocycles. The van der Waals surface area contributed by atoms with E-state index in [4.69, 9.17) is 47.4 Å². The van der Waals surface area contributed by atoms with Crippen LogP contribution in [0.15, 0.2) is 24.3 Å². The van der Waals surface area contributed by atoms with Crippen LogP contribution in [0.25, 0.3) is 0 Å². The second-order valence-corrected chi connectivity index (χ2v) is 10.7. The summed E-state index contributed by atoms with van der Waals surface area (Å²) in [7, 11) is 10.9. The number of carbonyl (C=O) groups is 2. The SMILES string of the molecule is COc1cc(C(=O)OCc2c3c(c(OC)c4c2OCO4)[C@H]([C@H]2OC(=O)c4c2ccc(OC)c4OC)N(C)CC3)cc(OC)c1OC. The number of methoxy groups -OCH3 is 6. The minimum absolute atomic E-state index is 0.0405. The Morgan fingerprint density at radius 3 is 2.13 bits per heavy atom. The Balaban J connectivity index is 1.42. The van der Waals surface area contributed by atoms with Gasteiger partial charge in [0.15, 0.2) is 34.5 Å². The summed E-state index contributed by atoms with van der Waals surface area (Å²) in [6.45, 7) is 0.433. The van der Waals surface area contributed by atoms with E-state index in [1.54, 1.807) is 13.2 Å². The van der Waals surface area contributed by atoms with E-state index in [-0.39, 0.29) is 19.0 Å². The average molecular weight is 638 g/mol. The summed E-state index contributed by atoms with van der Waals surface area (Å²) < 4.78 is 56.9. The molecule has 0 fully saturated rings. The summed E-state index contributed by atoms with van der Waals surface area (Å²) in [6, 6.07) is 6.13. The number of rotatable bonds is 10. The lowest BCUT2D eigenvalue weighted by Crippen LogP contribution is -2.37. The smallest absolute Gasteiger partial charge is 0.343 e. The van der Waals surface area contributed by atoms with Crippen LogP contribution in [0.2, 0.25) is 0 Å². The molecule has 3 aromatic carbocycles. The van der Waals surface area contributed by atoms with E-state index in [0.29, 0.717) is 75.7 Å². The zero-order chi connectivity index (χ0) is 32.7. The van der Waals surface area contributed by atoms with Gasteiger partial charge in [0.05, 0.1) is 54.3 Å². The maximum atomic E-state index is 13.4. The van der Waals surface area contributed by atoms with Crippen molar-refractivity contribution in [2.24, 2.45) is 0 Å². The maximum absolute atomic E-state index is 13.4. The van der Waals surface area contributed by atoms with E-state index < -0.39 is 24.1 Å². The van der Waals surface area contributed by atoms with Gasteiger partial charge in [0.1, 0.15) is 18.3 Å². The first-order valence-electron chi connectivity index (χ1n) is 14.5. The number of hydrogen-bond donors (Lipinski definition) is 0. The molecule has 0 amide bonds. The summed E-state index contributed by atoms with van der Waals surface area (Å²) in [5.74, 6) is 1.88. The molecular formula is C33H35NO12. The lowest BCUT2D eigenvalue weighted by Gasteiger charge is -2.39. The van der Waals surface area contributed by atoms with Crippen LogP contribution in [0.5, 0.6) is 46.0 Å². The highest BCUT2D eigenvalue weighted by Crippen LogP contribution is 2.57. The van der Waals surface area contributed by atoms with Gasteiger partial charge in [-0.25, -0.2) is 9.59 Å². The van der Waals surface area contributed by atoms with Crippen molar-refractivity contribution in [2.45, 2.75) is 25.2 Å². The number of esters is 2. The van der Waals surface area contributed by atoms with Crippen molar-refractivity contribution in [3.63, 3.8) is 0 Å². The van der Waals surface area contributed by atoms with Gasteiger partial charge in [-0.05, 0) is 37.2 Å². The third kappa shape index (κ3) is 4.82. The summed E-state index contributed by atoms with van der Waals surface area (Å²) in [4.78, 5) is 28.8. The van der Waals surface area contributed by atoms with Gasteiger partial charge in [-0.2, -0.15) is 0 Å². The fraction of sp³-hybridized carbons (Fsp3) is 0.394. The highest BCUT2D eigenvalue weighted by atomic mass is 16.7. The highest BCUT2D eigenvalue weighted by molar-refractivity contribution is 5.98. The summed E-state index contributed by atoms with van der Waals surface area (Å²) in [5, 5.41) is 0. The molecule has 0 aliphatic carbocycles. The van der Waals surface area contributed by atoms with Crippen LogP contribution >= 0.6 is 0 Å². The van der Waals surface area contributed by atoms with Crippen molar-refractivity contribution in [1.82, 2.24) is 4.90 Å². The predicted molar refractivity (Wildman–Crippen MR) is 161 cm³/mol. The third-order valence-electron chi connectivity index (χ3n) is 8.57. The third-order valence-corrected chi connectivity index (χ3v) is 8.57. The molecule has 0 saturated heterocycles. The van der Waals surface area contributed by atoms with Crippen LogP contribution in [0.3, 0.4) is 0 Å². The molecule has 244 valence electrons. The van der Waals surface area contributed by atoms with Gasteiger partial charge < -0.3 is 47.4 Å². The fourth-order valence-corrected chi connectivity index (χ4v) is 6.50. The number of ether oxygens (including phenoxy) is 10. The Bertz CT molecular complexity index is 1680. The molecule has 0 saturated carbocycles. The number of likely N-dealkylation sites (N-methyl/N-ethyl adjacent to an activating group) is 1. The quantitative estimate of drug-likeness (QED) is 0.294. The summed E-state index contributed by atoms with van der Waals surface area (Å²) in [5.41, 5.74) is 3.42. The first-order valence-corrected chi connectivity index (χ1v) is 14.5. The number of benzene rings is 3. The van der Waals surface area contributed by atoms with Crippen molar-refractivity contribution < 1.29 is 57.0 Å². The van der Waals surface area contributed by atoms with Crippen LogP contribution in [-0.4, -0.2) is 79.9 Å². The zero-order valence-electron chi connectivity index (χ0n) is 26.6. The van der Waals surface area contributed by atoms with Gasteiger partial charge >= 0.3 is 11.9 Å². The van der Waals surface area contributed by atoms with Crippen LogP contribution < -0.4 is 37.9 Å². The molecule has 3 heterocycles. The molecule has 3 aromatic rings. The second-order valence-electron chi connectivity index (χ2n) is 10.7. The summed E-state index contributed by atoms with van der Waals surface area (Å²) >= 11 is 0. The fourth-order valence-electron chi connectivity index (χ4n) is 6.50. The average Bonchev–Trinajstić information content (AvgIpc) is 3.69. The number of cyclic esters (lactones) is 1. The van der Waals surface area contributed by atoms with Gasteiger partial charge in [-0.15, -0.1) is 0 Å². The van der Waals surface area contributed by atoms with E-state index >= 15 is 0 Å². The Hall–Kier alpha value is -5.04. The summed E-state index contributed by atoms with van der Waals surface area (Å²) in [6.07, 6.45) is -0.137. The predicted octanol–water partition coefficient (Wildman–Crippen LogP) is 4.26. The molecule has 0 spiro atoms. The van der Waals surface area contributed by atoms with E-state index in [0.717, 1.165) is 11.1 Å². The molecule has 0 bridgehead atoms. The Kier molecular flexibility index (Phi) is 8.34. The van der Waals surface area contributed by atoms with Crippen molar-refractivity contribution in [2.75, 3.05) is 63.0 Å². The van der Waals surface area contributed by atoms with Crippen molar-refractivity contribution in [1.29, 1.82) is 0 Å². The topological polar surface area (TPSA) is 130 Å². The minimum Gasteiger partial charge on any atom is -0.493 e. The maximum Gasteiger partial charge on any atom is 0.343 e. The molecule has 2 atom stereocenters. The van der Waals surface area contributed by atoms with Crippen LogP contribution in [0.4, 0.5) is 0 Å². The van der Waals surface area contributed by atoms with Crippen LogP contribution in [0.1, 0.15) is 55.1 Å². The molecule has 13 nitrogen and oxygen atoms in total. The molecule has 46 heavy (non-hydrogen) atoms. The van der Waals surface area contributed by atoms with Crippen LogP contribution in [-0.2, 0) is 22.5 Å². The largest absolute Gasteiger partial charge is 0.493 e. The molecule has 0 unspecified atom stereocenters. The molecule has 3 aliphatic heterocycles. The van der Waals surface area contributed by atoms with Crippen molar-refractivity contribution >= 4 is 11.9 Å².